The van der Waals surface area contributed by atoms with Crippen molar-refractivity contribution in [1.29, 1.82) is 0 Å². The zero-order valence-corrected chi connectivity index (χ0v) is 9.61. The quantitative estimate of drug-likeness (QED) is 0.725. The van der Waals surface area contributed by atoms with Crippen LogP contribution in [0.15, 0.2) is 0 Å². The summed E-state index contributed by atoms with van der Waals surface area (Å²) in [5.41, 5.74) is 0. The van der Waals surface area contributed by atoms with E-state index in [1.165, 1.54) is 0 Å². The van der Waals surface area contributed by atoms with Crippen LogP contribution < -0.4 is 5.32 Å². The molecule has 2 unspecified atom stereocenters. The molecule has 4 heteroatoms. The van der Waals surface area contributed by atoms with E-state index in [-0.39, 0.29) is 17.9 Å². The summed E-state index contributed by atoms with van der Waals surface area (Å²) < 4.78 is 10.8. The van der Waals surface area contributed by atoms with Gasteiger partial charge in [0.15, 0.2) is 0 Å². The Labute approximate surface area is 82.7 Å². The molecule has 1 amide bonds. The first-order chi connectivity index (χ1) is 5.93. The Bertz CT molecular complexity index is 192. The largest absolute Gasteiger partial charge is 0.353 e. The van der Waals surface area contributed by atoms with Crippen LogP contribution in [-0.4, -0.2) is 28.2 Å². The fraction of sp³-hybridized carbons (Fsp3) is 0.889. The zero-order valence-electron chi connectivity index (χ0n) is 8.79. The Morgan fingerprint density at radius 3 is 2.31 bits per heavy atom. The standard InChI is InChI=1S/C9H19NO2S/c1-7(2)9(11)10-8(3)5-6-13(4)12/h7-8H,5-6H2,1-4H3,(H,10,11). The molecule has 0 fully saturated rings. The van der Waals surface area contributed by atoms with Crippen molar-refractivity contribution in [2.24, 2.45) is 5.92 Å². The maximum Gasteiger partial charge on any atom is 0.222 e. The van der Waals surface area contributed by atoms with E-state index in [1.54, 1.807) is 6.26 Å². The molecule has 1 N–H and O–H groups in total. The van der Waals surface area contributed by atoms with Gasteiger partial charge in [-0.05, 0) is 13.3 Å². The Morgan fingerprint density at radius 1 is 1.38 bits per heavy atom. The minimum Gasteiger partial charge on any atom is -0.353 e. The summed E-state index contributed by atoms with van der Waals surface area (Å²) in [6, 6.07) is 0.124. The third kappa shape index (κ3) is 6.75. The number of carbonyl (C=O) groups is 1. The van der Waals surface area contributed by atoms with Crippen LogP contribution in [-0.2, 0) is 15.6 Å². The van der Waals surface area contributed by atoms with Crippen LogP contribution >= 0.6 is 0 Å². The maximum atomic E-state index is 11.2. The molecule has 0 aliphatic rings. The molecule has 13 heavy (non-hydrogen) atoms. The van der Waals surface area contributed by atoms with Crippen LogP contribution in [0.5, 0.6) is 0 Å². The predicted octanol–water partition coefficient (Wildman–Crippen LogP) is 0.916. The van der Waals surface area contributed by atoms with E-state index in [2.05, 4.69) is 5.32 Å². The summed E-state index contributed by atoms with van der Waals surface area (Å²) >= 11 is 0. The highest BCUT2D eigenvalue weighted by atomic mass is 32.2. The molecule has 0 rings (SSSR count). The van der Waals surface area contributed by atoms with Crippen LogP contribution in [0.2, 0.25) is 0 Å². The smallest absolute Gasteiger partial charge is 0.222 e. The van der Waals surface area contributed by atoms with E-state index in [4.69, 9.17) is 0 Å². The second kappa shape index (κ2) is 6.13. The SMILES string of the molecule is CC(CCS(C)=O)NC(=O)C(C)C. The van der Waals surface area contributed by atoms with Gasteiger partial charge in [-0.3, -0.25) is 9.00 Å². The van der Waals surface area contributed by atoms with Gasteiger partial charge in [-0.15, -0.1) is 0 Å². The summed E-state index contributed by atoms with van der Waals surface area (Å²) in [6.45, 7) is 5.66. The fourth-order valence-electron chi connectivity index (χ4n) is 0.824. The molecule has 0 radical (unpaired) electrons. The van der Waals surface area contributed by atoms with E-state index in [1.807, 2.05) is 20.8 Å². The Hall–Kier alpha value is -0.380. The molecule has 0 aromatic rings. The monoisotopic (exact) mass is 205 g/mol. The maximum absolute atomic E-state index is 11.2. The number of hydrogen-bond donors (Lipinski definition) is 1. The van der Waals surface area contributed by atoms with Crippen LogP contribution in [0.1, 0.15) is 27.2 Å². The first-order valence-corrected chi connectivity index (χ1v) is 6.26. The van der Waals surface area contributed by atoms with Crippen molar-refractivity contribution in [3.63, 3.8) is 0 Å². The van der Waals surface area contributed by atoms with E-state index < -0.39 is 10.8 Å². The van der Waals surface area contributed by atoms with Crippen LogP contribution in [0.25, 0.3) is 0 Å². The van der Waals surface area contributed by atoms with Crippen molar-refractivity contribution in [3.05, 3.63) is 0 Å². The van der Waals surface area contributed by atoms with Gasteiger partial charge < -0.3 is 5.32 Å². The lowest BCUT2D eigenvalue weighted by molar-refractivity contribution is -0.124. The van der Waals surface area contributed by atoms with Crippen molar-refractivity contribution < 1.29 is 9.00 Å². The van der Waals surface area contributed by atoms with Crippen LogP contribution in [0.4, 0.5) is 0 Å². The van der Waals surface area contributed by atoms with Crippen LogP contribution in [0, 0.1) is 5.92 Å². The second-order valence-electron chi connectivity index (χ2n) is 3.63. The summed E-state index contributed by atoms with van der Waals surface area (Å²) in [4.78, 5) is 11.2. The molecule has 2 atom stereocenters. The molecular weight excluding hydrogens is 186 g/mol. The molecule has 0 aliphatic heterocycles. The number of rotatable bonds is 5. The first kappa shape index (κ1) is 12.6. The molecule has 0 aromatic heterocycles. The van der Waals surface area contributed by atoms with Gasteiger partial charge in [0.25, 0.3) is 0 Å². The highest BCUT2D eigenvalue weighted by molar-refractivity contribution is 7.84. The summed E-state index contributed by atoms with van der Waals surface area (Å²) in [6.07, 6.45) is 2.46. The normalized spacial score (nSPS) is 15.5. The molecule has 0 aromatic carbocycles. The highest BCUT2D eigenvalue weighted by Crippen LogP contribution is 1.96. The topological polar surface area (TPSA) is 46.2 Å². The molecule has 0 heterocycles. The molecule has 0 saturated heterocycles. The molecule has 0 aliphatic carbocycles. The minimum atomic E-state index is -0.763. The van der Waals surface area contributed by atoms with Crippen molar-refractivity contribution in [2.45, 2.75) is 33.2 Å². The van der Waals surface area contributed by atoms with Crippen molar-refractivity contribution in [3.8, 4) is 0 Å². The first-order valence-electron chi connectivity index (χ1n) is 4.54. The summed E-state index contributed by atoms with van der Waals surface area (Å²) in [5.74, 6) is 0.739. The van der Waals surface area contributed by atoms with Crippen molar-refractivity contribution >= 4 is 16.7 Å². The van der Waals surface area contributed by atoms with Gasteiger partial charge in [0.05, 0.1) is 0 Å². The van der Waals surface area contributed by atoms with E-state index in [0.29, 0.717) is 5.75 Å². The highest BCUT2D eigenvalue weighted by Gasteiger charge is 2.10. The number of hydrogen-bond acceptors (Lipinski definition) is 2. The van der Waals surface area contributed by atoms with Gasteiger partial charge in [0.2, 0.25) is 5.91 Å². The zero-order chi connectivity index (χ0) is 10.4. The molecule has 0 saturated carbocycles. The Balaban J connectivity index is 3.68. The summed E-state index contributed by atoms with van der Waals surface area (Å²) in [5, 5.41) is 2.86. The van der Waals surface area contributed by atoms with Gasteiger partial charge in [-0.2, -0.15) is 0 Å². The number of amides is 1. The Morgan fingerprint density at radius 2 is 1.92 bits per heavy atom. The lowest BCUT2D eigenvalue weighted by Gasteiger charge is -2.14. The molecule has 0 bridgehead atoms. The van der Waals surface area contributed by atoms with Gasteiger partial charge in [0.1, 0.15) is 0 Å². The average Bonchev–Trinajstić information content (AvgIpc) is 2.00. The molecule has 3 nitrogen and oxygen atoms in total. The lowest BCUT2D eigenvalue weighted by Crippen LogP contribution is -2.36. The fourth-order valence-corrected chi connectivity index (χ4v) is 1.51. The summed E-state index contributed by atoms with van der Waals surface area (Å²) in [7, 11) is -0.763. The Kier molecular flexibility index (Phi) is 5.95. The lowest BCUT2D eigenvalue weighted by atomic mass is 10.2. The van der Waals surface area contributed by atoms with Crippen LogP contribution in [0.3, 0.4) is 0 Å². The molecular formula is C9H19NO2S. The van der Waals surface area contributed by atoms with Gasteiger partial charge in [-0.1, -0.05) is 13.8 Å². The van der Waals surface area contributed by atoms with E-state index in [0.717, 1.165) is 6.42 Å². The predicted molar refractivity (Wildman–Crippen MR) is 56.0 cm³/mol. The number of nitrogens with one attached hydrogen (secondary N) is 1. The van der Waals surface area contributed by atoms with Gasteiger partial charge in [-0.25, -0.2) is 0 Å². The van der Waals surface area contributed by atoms with Gasteiger partial charge >= 0.3 is 0 Å². The second-order valence-corrected chi connectivity index (χ2v) is 5.18. The molecule has 78 valence electrons. The third-order valence-corrected chi connectivity index (χ3v) is 2.56. The van der Waals surface area contributed by atoms with Crippen molar-refractivity contribution in [1.82, 2.24) is 5.32 Å². The van der Waals surface area contributed by atoms with E-state index in [9.17, 15) is 9.00 Å². The third-order valence-electron chi connectivity index (χ3n) is 1.75. The minimum absolute atomic E-state index is 0.0228. The number of carbonyl (C=O) groups excluding carboxylic acids is 1. The average molecular weight is 205 g/mol. The van der Waals surface area contributed by atoms with Gasteiger partial charge in [0, 0.05) is 34.8 Å². The van der Waals surface area contributed by atoms with E-state index >= 15 is 0 Å². The molecule has 0 spiro atoms. The van der Waals surface area contributed by atoms with Crippen molar-refractivity contribution in [2.75, 3.05) is 12.0 Å².